The molecule has 1 saturated heterocycles. The minimum Gasteiger partial charge on any atom is -0.495 e. The minimum absolute atomic E-state index is 0.373. The molecule has 0 aliphatic carbocycles. The molecule has 1 unspecified atom stereocenters. The van der Waals surface area contributed by atoms with E-state index in [9.17, 15) is 0 Å². The van der Waals surface area contributed by atoms with E-state index in [0.717, 1.165) is 22.5 Å². The average Bonchev–Trinajstić information content (AvgIpc) is 2.83. The van der Waals surface area contributed by atoms with E-state index < -0.39 is 0 Å². The molecule has 4 heteroatoms. The number of nitrogens with zero attached hydrogens (tertiary/aromatic N) is 2. The summed E-state index contributed by atoms with van der Waals surface area (Å²) in [5.74, 6) is 0.931. The minimum atomic E-state index is 0.373. The average molecular weight is 399 g/mol. The van der Waals surface area contributed by atoms with E-state index in [4.69, 9.17) is 4.74 Å². The van der Waals surface area contributed by atoms with Gasteiger partial charge in [0.25, 0.3) is 0 Å². The lowest BCUT2D eigenvalue weighted by atomic mass is 10.1. The van der Waals surface area contributed by atoms with Crippen LogP contribution in [0.5, 0.6) is 5.75 Å². The summed E-state index contributed by atoms with van der Waals surface area (Å²) in [5, 5.41) is 0. The highest BCUT2D eigenvalue weighted by Crippen LogP contribution is 2.41. The van der Waals surface area contributed by atoms with Crippen molar-refractivity contribution in [3.05, 3.63) is 64.8 Å². The maximum atomic E-state index is 5.63. The molecule has 0 spiro atoms. The number of benzene rings is 2. The summed E-state index contributed by atoms with van der Waals surface area (Å²) in [7, 11) is 1.75. The molecule has 2 aliphatic heterocycles. The highest BCUT2D eigenvalue weighted by molar-refractivity contribution is 9.10. The molecule has 2 aromatic rings. The third-order valence-corrected chi connectivity index (χ3v) is 5.65. The van der Waals surface area contributed by atoms with Crippen LogP contribution < -0.4 is 9.64 Å². The molecule has 0 radical (unpaired) electrons. The second-order valence-corrected chi connectivity index (χ2v) is 7.54. The maximum absolute atomic E-state index is 5.63. The van der Waals surface area contributed by atoms with Crippen LogP contribution in [-0.2, 0) is 0 Å². The van der Waals surface area contributed by atoms with Crippen molar-refractivity contribution < 1.29 is 4.74 Å². The monoisotopic (exact) mass is 398 g/mol. The lowest BCUT2D eigenvalue weighted by Crippen LogP contribution is -2.39. The summed E-state index contributed by atoms with van der Waals surface area (Å²) in [5.41, 5.74) is 3.73. The van der Waals surface area contributed by atoms with Crippen LogP contribution >= 0.6 is 15.9 Å². The Labute approximate surface area is 158 Å². The Kier molecular flexibility index (Phi) is 4.71. The van der Waals surface area contributed by atoms with E-state index in [1.54, 1.807) is 7.11 Å². The van der Waals surface area contributed by atoms with Crippen LogP contribution in [0.25, 0.3) is 5.70 Å². The topological polar surface area (TPSA) is 15.7 Å². The second-order valence-electron chi connectivity index (χ2n) is 6.62. The predicted octanol–water partition coefficient (Wildman–Crippen LogP) is 5.48. The van der Waals surface area contributed by atoms with Crippen molar-refractivity contribution in [2.75, 3.05) is 18.6 Å². The Bertz CT molecular complexity index is 772. The summed E-state index contributed by atoms with van der Waals surface area (Å²) in [6.07, 6.45) is 7.68. The van der Waals surface area contributed by atoms with Crippen molar-refractivity contribution in [2.45, 2.75) is 31.8 Å². The number of rotatable bonds is 3. The van der Waals surface area contributed by atoms with Gasteiger partial charge in [0.2, 0.25) is 0 Å². The standard InChI is InChI=1S/C21H23BrN2O/c1-25-20-8-5-4-7-18(20)24-15-19(16-10-12-17(22)13-11-16)23-14-6-2-3-9-21(23)24/h4-5,7-8,10-13,15,21H,2-3,6,9,14H2,1H3. The SMILES string of the molecule is COc1ccccc1N1C=C(c2ccc(Br)cc2)N2CCCCCC21. The Morgan fingerprint density at radius 2 is 1.80 bits per heavy atom. The van der Waals surface area contributed by atoms with Crippen molar-refractivity contribution in [3.8, 4) is 5.75 Å². The summed E-state index contributed by atoms with van der Waals surface area (Å²) in [4.78, 5) is 4.98. The molecule has 0 amide bonds. The van der Waals surface area contributed by atoms with Gasteiger partial charge in [-0.15, -0.1) is 0 Å². The molecule has 0 aromatic heterocycles. The summed E-state index contributed by atoms with van der Waals surface area (Å²) >= 11 is 3.54. The van der Waals surface area contributed by atoms with Crippen LogP contribution in [-0.4, -0.2) is 24.7 Å². The number of anilines is 1. The van der Waals surface area contributed by atoms with Gasteiger partial charge in [-0.2, -0.15) is 0 Å². The zero-order valence-corrected chi connectivity index (χ0v) is 16.1. The first kappa shape index (κ1) is 16.5. The molecule has 2 heterocycles. The first-order valence-corrected chi connectivity index (χ1v) is 9.73. The number of ether oxygens (including phenoxy) is 1. The second kappa shape index (κ2) is 7.12. The Hall–Kier alpha value is -1.94. The van der Waals surface area contributed by atoms with E-state index in [1.165, 1.54) is 36.9 Å². The van der Waals surface area contributed by atoms with Gasteiger partial charge in [-0.3, -0.25) is 0 Å². The smallest absolute Gasteiger partial charge is 0.142 e. The van der Waals surface area contributed by atoms with Gasteiger partial charge >= 0.3 is 0 Å². The highest BCUT2D eigenvalue weighted by Gasteiger charge is 2.35. The lowest BCUT2D eigenvalue weighted by Gasteiger charge is -2.33. The Balaban J connectivity index is 1.78. The summed E-state index contributed by atoms with van der Waals surface area (Å²) in [6.45, 7) is 1.11. The molecule has 130 valence electrons. The molecule has 1 fully saturated rings. The van der Waals surface area contributed by atoms with Crippen molar-refractivity contribution >= 4 is 27.3 Å². The fourth-order valence-corrected chi connectivity index (χ4v) is 4.15. The van der Waals surface area contributed by atoms with Crippen molar-refractivity contribution in [2.24, 2.45) is 0 Å². The Morgan fingerprint density at radius 1 is 1.00 bits per heavy atom. The first-order chi connectivity index (χ1) is 12.3. The molecular weight excluding hydrogens is 376 g/mol. The van der Waals surface area contributed by atoms with Gasteiger partial charge in [-0.1, -0.05) is 46.6 Å². The zero-order chi connectivity index (χ0) is 17.2. The fourth-order valence-electron chi connectivity index (χ4n) is 3.89. The number of para-hydroxylation sites is 2. The molecule has 25 heavy (non-hydrogen) atoms. The van der Waals surface area contributed by atoms with Crippen LogP contribution in [0, 0.1) is 0 Å². The van der Waals surface area contributed by atoms with Crippen LogP contribution in [0.3, 0.4) is 0 Å². The number of fused-ring (bicyclic) bond motifs is 1. The molecule has 2 aliphatic rings. The van der Waals surface area contributed by atoms with Gasteiger partial charge in [-0.05, 0) is 49.1 Å². The number of halogens is 1. The number of hydrogen-bond acceptors (Lipinski definition) is 3. The molecule has 2 aromatic carbocycles. The van der Waals surface area contributed by atoms with Crippen molar-refractivity contribution in [1.82, 2.24) is 4.90 Å². The predicted molar refractivity (Wildman–Crippen MR) is 107 cm³/mol. The van der Waals surface area contributed by atoms with E-state index in [2.05, 4.69) is 68.3 Å². The normalized spacial score (nSPS) is 20.1. The molecule has 1 atom stereocenters. The Morgan fingerprint density at radius 3 is 2.60 bits per heavy atom. The quantitative estimate of drug-likeness (QED) is 0.680. The largest absolute Gasteiger partial charge is 0.495 e. The highest BCUT2D eigenvalue weighted by atomic mass is 79.9. The van der Waals surface area contributed by atoms with Crippen LogP contribution in [0.2, 0.25) is 0 Å². The van der Waals surface area contributed by atoms with E-state index in [0.29, 0.717) is 6.17 Å². The third kappa shape index (κ3) is 3.15. The molecule has 3 nitrogen and oxygen atoms in total. The van der Waals surface area contributed by atoms with Crippen molar-refractivity contribution in [1.29, 1.82) is 0 Å². The van der Waals surface area contributed by atoms with Gasteiger partial charge in [0.15, 0.2) is 0 Å². The number of hydrogen-bond donors (Lipinski definition) is 0. The van der Waals surface area contributed by atoms with Gasteiger partial charge in [0, 0.05) is 17.2 Å². The van der Waals surface area contributed by atoms with Gasteiger partial charge in [-0.25, -0.2) is 0 Å². The molecule has 0 bridgehead atoms. The molecule has 4 rings (SSSR count). The van der Waals surface area contributed by atoms with Crippen molar-refractivity contribution in [3.63, 3.8) is 0 Å². The third-order valence-electron chi connectivity index (χ3n) is 5.12. The van der Waals surface area contributed by atoms with Gasteiger partial charge in [0.05, 0.1) is 18.5 Å². The zero-order valence-electron chi connectivity index (χ0n) is 14.5. The number of methoxy groups -OCH3 is 1. The van der Waals surface area contributed by atoms with E-state index in [1.807, 2.05) is 12.1 Å². The fraction of sp³-hybridized carbons (Fsp3) is 0.333. The lowest BCUT2D eigenvalue weighted by molar-refractivity contribution is 0.319. The summed E-state index contributed by atoms with van der Waals surface area (Å²) in [6, 6.07) is 17.0. The summed E-state index contributed by atoms with van der Waals surface area (Å²) < 4.78 is 6.74. The van der Waals surface area contributed by atoms with Crippen LogP contribution in [0.1, 0.15) is 31.2 Å². The molecule has 0 saturated carbocycles. The molecular formula is C21H23BrN2O. The maximum Gasteiger partial charge on any atom is 0.142 e. The van der Waals surface area contributed by atoms with E-state index in [-0.39, 0.29) is 0 Å². The van der Waals surface area contributed by atoms with E-state index >= 15 is 0 Å². The van der Waals surface area contributed by atoms with Gasteiger partial charge < -0.3 is 14.5 Å². The van der Waals surface area contributed by atoms with Crippen LogP contribution in [0.15, 0.2) is 59.2 Å². The molecule has 0 N–H and O–H groups in total. The first-order valence-electron chi connectivity index (χ1n) is 8.94. The van der Waals surface area contributed by atoms with Gasteiger partial charge in [0.1, 0.15) is 11.9 Å². The van der Waals surface area contributed by atoms with Crippen LogP contribution in [0.4, 0.5) is 5.69 Å².